The minimum Gasteiger partial charge on any atom is -0.368 e. The zero-order valence-electron chi connectivity index (χ0n) is 18.6. The van der Waals surface area contributed by atoms with Gasteiger partial charge >= 0.3 is 0 Å². The van der Waals surface area contributed by atoms with Crippen LogP contribution in [0.2, 0.25) is 0 Å². The number of aliphatic imine (C=N–C) groups is 1. The molecule has 0 atom stereocenters. The van der Waals surface area contributed by atoms with Gasteiger partial charge in [0.05, 0.1) is 10.6 Å². The van der Waals surface area contributed by atoms with Crippen LogP contribution in [0.1, 0.15) is 37.7 Å². The summed E-state index contributed by atoms with van der Waals surface area (Å²) < 4.78 is 15.2. The lowest BCUT2D eigenvalue weighted by Gasteiger charge is -2.30. The van der Waals surface area contributed by atoms with Crippen molar-refractivity contribution < 1.29 is 14.0 Å². The van der Waals surface area contributed by atoms with Crippen LogP contribution in [0.5, 0.6) is 0 Å². The average molecular weight is 477 g/mol. The summed E-state index contributed by atoms with van der Waals surface area (Å²) in [4.78, 5) is 32.3. The van der Waals surface area contributed by atoms with Crippen molar-refractivity contribution in [3.05, 3.63) is 71.0 Å². The molecule has 1 saturated carbocycles. The highest BCUT2D eigenvalue weighted by atomic mass is 32.2. The van der Waals surface area contributed by atoms with Gasteiger partial charge in [-0.05, 0) is 61.0 Å². The molecule has 1 aliphatic carbocycles. The highest BCUT2D eigenvalue weighted by Gasteiger charge is 2.38. The van der Waals surface area contributed by atoms with Crippen molar-refractivity contribution in [3.63, 3.8) is 0 Å². The predicted octanol–water partition coefficient (Wildman–Crippen LogP) is 5.20. The number of hydrogen-bond acceptors (Lipinski definition) is 4. The second-order valence-electron chi connectivity index (χ2n) is 8.64. The fourth-order valence-electron chi connectivity index (χ4n) is 4.68. The number of amidine groups is 1. The van der Waals surface area contributed by atoms with Gasteiger partial charge in [-0.2, -0.15) is 0 Å². The van der Waals surface area contributed by atoms with Crippen LogP contribution >= 0.6 is 11.8 Å². The zero-order chi connectivity index (χ0) is 23.7. The van der Waals surface area contributed by atoms with E-state index in [4.69, 9.17) is 10.7 Å². The van der Waals surface area contributed by atoms with E-state index in [1.165, 1.54) is 30.3 Å². The Balaban J connectivity index is 1.55. The summed E-state index contributed by atoms with van der Waals surface area (Å²) in [6, 6.07) is 13.8. The topological polar surface area (TPSA) is 80.7 Å². The van der Waals surface area contributed by atoms with Gasteiger partial charge in [-0.3, -0.25) is 14.5 Å². The number of amides is 2. The number of fused-ring (bicyclic) bond motifs is 1. The summed E-state index contributed by atoms with van der Waals surface area (Å²) in [6.07, 6.45) is 8.97. The summed E-state index contributed by atoms with van der Waals surface area (Å²) in [6.45, 7) is 0.0657. The second-order valence-corrected chi connectivity index (χ2v) is 9.65. The number of benzene rings is 2. The van der Waals surface area contributed by atoms with Crippen molar-refractivity contribution in [3.8, 4) is 0 Å². The van der Waals surface area contributed by atoms with E-state index in [9.17, 15) is 14.0 Å². The van der Waals surface area contributed by atoms with Gasteiger partial charge in [-0.1, -0.05) is 37.5 Å². The third-order valence-electron chi connectivity index (χ3n) is 6.26. The van der Waals surface area contributed by atoms with E-state index in [-0.39, 0.29) is 24.3 Å². The number of carbonyl (C=O) groups excluding carboxylic acids is 2. The van der Waals surface area contributed by atoms with Crippen LogP contribution in [0.4, 0.5) is 10.1 Å². The molecule has 1 saturated heterocycles. The molecule has 2 aliphatic rings. The number of carbonyl (C=O) groups is 2. The monoisotopic (exact) mass is 476 g/mol. The van der Waals surface area contributed by atoms with Crippen LogP contribution in [0.15, 0.2) is 64.6 Å². The first-order valence-electron chi connectivity index (χ1n) is 11.4. The van der Waals surface area contributed by atoms with Gasteiger partial charge in [0.2, 0.25) is 5.91 Å². The lowest BCUT2D eigenvalue weighted by atomic mass is 9.94. The molecule has 0 bridgehead atoms. The molecule has 0 spiro atoms. The second kappa shape index (κ2) is 9.46. The number of thioether (sulfide) groups is 1. The van der Waals surface area contributed by atoms with Crippen molar-refractivity contribution in [1.29, 1.82) is 0 Å². The first-order chi connectivity index (χ1) is 16.5. The molecule has 2 aromatic carbocycles. The molecular weight excluding hydrogens is 451 g/mol. The molecule has 34 heavy (non-hydrogen) atoms. The summed E-state index contributed by atoms with van der Waals surface area (Å²) in [5, 5.41) is 1.56. The lowest BCUT2D eigenvalue weighted by molar-refractivity contribution is -0.124. The van der Waals surface area contributed by atoms with Crippen molar-refractivity contribution >= 4 is 51.4 Å². The zero-order valence-corrected chi connectivity index (χ0v) is 19.4. The fraction of sp³-hybridized carbons (Fsp3) is 0.269. The Morgan fingerprint density at radius 3 is 2.59 bits per heavy atom. The average Bonchev–Trinajstić information content (AvgIpc) is 3.33. The van der Waals surface area contributed by atoms with Crippen LogP contribution < -0.4 is 5.73 Å². The van der Waals surface area contributed by atoms with E-state index < -0.39 is 5.91 Å². The van der Waals surface area contributed by atoms with Crippen molar-refractivity contribution in [2.45, 2.75) is 44.7 Å². The molecule has 8 heteroatoms. The van der Waals surface area contributed by atoms with E-state index in [1.807, 2.05) is 41.4 Å². The van der Waals surface area contributed by atoms with Crippen molar-refractivity contribution in [1.82, 2.24) is 9.47 Å². The molecule has 2 amide bonds. The van der Waals surface area contributed by atoms with Crippen LogP contribution in [-0.2, 0) is 16.1 Å². The SMILES string of the molecule is NC(=O)Cn1cc(C=C2SC(=Nc3ccc(F)cc3)N(C3CCCCC3)C2=O)c2ccccc21. The largest absolute Gasteiger partial charge is 0.368 e. The summed E-state index contributed by atoms with van der Waals surface area (Å²) in [7, 11) is 0. The number of nitrogens with two attached hydrogens (primary N) is 1. The molecule has 0 unspecified atom stereocenters. The summed E-state index contributed by atoms with van der Waals surface area (Å²) in [5.41, 5.74) is 7.77. The van der Waals surface area contributed by atoms with Gasteiger partial charge in [0.15, 0.2) is 5.17 Å². The first-order valence-corrected chi connectivity index (χ1v) is 12.2. The highest BCUT2D eigenvalue weighted by molar-refractivity contribution is 8.18. The number of hydrogen-bond donors (Lipinski definition) is 1. The quantitative estimate of drug-likeness (QED) is 0.514. The Labute approximate surface area is 201 Å². The Morgan fingerprint density at radius 1 is 1.12 bits per heavy atom. The molecule has 2 N–H and O–H groups in total. The molecule has 2 fully saturated rings. The van der Waals surface area contributed by atoms with Crippen LogP contribution in [-0.4, -0.2) is 32.5 Å². The third-order valence-corrected chi connectivity index (χ3v) is 7.24. The molecule has 1 aromatic heterocycles. The Hall–Kier alpha value is -3.39. The van der Waals surface area contributed by atoms with Crippen LogP contribution in [0, 0.1) is 5.82 Å². The molecule has 3 aromatic rings. The standard InChI is InChI=1S/C26H25FN4O2S/c27-18-10-12-19(13-11-18)29-26-31(20-6-2-1-3-7-20)25(33)23(34-26)14-17-15-30(16-24(28)32)22-9-5-4-8-21(17)22/h4-5,8-15,20H,1-3,6-7,16H2,(H2,28,32). The number of primary amides is 1. The fourth-order valence-corrected chi connectivity index (χ4v) is 5.73. The number of aromatic nitrogens is 1. The maximum Gasteiger partial charge on any atom is 0.267 e. The number of halogens is 1. The lowest BCUT2D eigenvalue weighted by Crippen LogP contribution is -2.40. The van der Waals surface area contributed by atoms with E-state index in [2.05, 4.69) is 0 Å². The maximum absolute atomic E-state index is 13.6. The van der Waals surface area contributed by atoms with Crippen LogP contribution in [0.25, 0.3) is 17.0 Å². The third kappa shape index (κ3) is 4.50. The van der Waals surface area contributed by atoms with Gasteiger partial charge in [0.1, 0.15) is 12.4 Å². The Kier molecular flexibility index (Phi) is 6.24. The Bertz CT molecular complexity index is 1310. The van der Waals surface area contributed by atoms with Gasteiger partial charge < -0.3 is 10.3 Å². The minimum atomic E-state index is -0.427. The summed E-state index contributed by atoms with van der Waals surface area (Å²) >= 11 is 1.34. The molecule has 5 rings (SSSR count). The highest BCUT2D eigenvalue weighted by Crippen LogP contribution is 2.39. The van der Waals surface area contributed by atoms with E-state index in [1.54, 1.807) is 16.7 Å². The number of para-hydroxylation sites is 1. The normalized spacial score (nSPS) is 19.6. The van der Waals surface area contributed by atoms with E-state index in [0.717, 1.165) is 42.1 Å². The van der Waals surface area contributed by atoms with Crippen LogP contribution in [0.3, 0.4) is 0 Å². The smallest absolute Gasteiger partial charge is 0.267 e. The van der Waals surface area contributed by atoms with E-state index >= 15 is 0 Å². The Morgan fingerprint density at radius 2 is 1.85 bits per heavy atom. The molecular formula is C26H25FN4O2S. The minimum absolute atomic E-state index is 0.0653. The van der Waals surface area contributed by atoms with Crippen molar-refractivity contribution in [2.24, 2.45) is 10.7 Å². The molecule has 2 heterocycles. The van der Waals surface area contributed by atoms with Gasteiger partial charge in [-0.15, -0.1) is 0 Å². The van der Waals surface area contributed by atoms with Gasteiger partial charge in [0.25, 0.3) is 5.91 Å². The van der Waals surface area contributed by atoms with Gasteiger partial charge in [-0.25, -0.2) is 9.38 Å². The summed E-state index contributed by atoms with van der Waals surface area (Å²) in [5.74, 6) is -0.816. The molecule has 0 radical (unpaired) electrons. The van der Waals surface area contributed by atoms with Crippen molar-refractivity contribution in [2.75, 3.05) is 0 Å². The first kappa shape index (κ1) is 22.4. The maximum atomic E-state index is 13.6. The molecule has 6 nitrogen and oxygen atoms in total. The predicted molar refractivity (Wildman–Crippen MR) is 134 cm³/mol. The number of rotatable bonds is 5. The molecule has 174 valence electrons. The van der Waals surface area contributed by atoms with Gasteiger partial charge in [0, 0.05) is 28.7 Å². The molecule has 1 aliphatic heterocycles. The van der Waals surface area contributed by atoms with E-state index in [0.29, 0.717) is 15.8 Å². The number of nitrogens with zero attached hydrogens (tertiary/aromatic N) is 3.